The van der Waals surface area contributed by atoms with Crippen molar-refractivity contribution in [2.24, 2.45) is 0 Å². The number of carbonyl (C=O) groups is 1. The van der Waals surface area contributed by atoms with Gasteiger partial charge in [-0.1, -0.05) is 29.8 Å². The molecule has 1 saturated carbocycles. The molecule has 3 rings (SSSR count). The van der Waals surface area contributed by atoms with Crippen molar-refractivity contribution in [3.63, 3.8) is 0 Å². The highest BCUT2D eigenvalue weighted by Crippen LogP contribution is 2.34. The molecule has 1 fully saturated rings. The molecule has 116 valence electrons. The van der Waals surface area contributed by atoms with Crippen molar-refractivity contribution in [2.45, 2.75) is 31.8 Å². The van der Waals surface area contributed by atoms with E-state index in [1.54, 1.807) is 0 Å². The fraction of sp³-hybridized carbons (Fsp3) is 0.375. The van der Waals surface area contributed by atoms with Crippen molar-refractivity contribution in [1.29, 1.82) is 0 Å². The Morgan fingerprint density at radius 1 is 1.41 bits per heavy atom. The predicted octanol–water partition coefficient (Wildman–Crippen LogP) is 2.75. The van der Waals surface area contributed by atoms with E-state index >= 15 is 0 Å². The summed E-state index contributed by atoms with van der Waals surface area (Å²) in [6, 6.07) is 7.52. The van der Waals surface area contributed by atoms with E-state index in [1.807, 2.05) is 43.1 Å². The van der Waals surface area contributed by atoms with Gasteiger partial charge in [0.2, 0.25) is 0 Å². The van der Waals surface area contributed by atoms with Crippen molar-refractivity contribution in [3.05, 3.63) is 46.1 Å². The summed E-state index contributed by atoms with van der Waals surface area (Å²) in [6.45, 7) is 1.92. The second-order valence-electron chi connectivity index (χ2n) is 5.71. The summed E-state index contributed by atoms with van der Waals surface area (Å²) >= 11 is 11.7. The highest BCUT2D eigenvalue weighted by Gasteiger charge is 2.35. The Hall–Kier alpha value is -1.59. The van der Waals surface area contributed by atoms with Crippen LogP contribution in [0.3, 0.4) is 0 Å². The number of rotatable bonds is 3. The molecule has 1 amide bonds. The number of carbonyl (C=O) groups excluding carboxylic acids is 1. The molecule has 1 aliphatic carbocycles. The van der Waals surface area contributed by atoms with E-state index in [4.69, 9.17) is 23.8 Å². The standard InChI is InChI=1S/C16H18ClN3OS/c1-9-13(15(21)18-10-7-8-10)14(19-16(22)20(9)2)11-5-3-4-6-12(11)17/h3-6,10,14H,7-8H2,1-2H3,(H,18,21)(H,19,22)/t14-/m1/s1. The molecule has 6 heteroatoms. The van der Waals surface area contributed by atoms with Gasteiger partial charge in [-0.05, 0) is 43.6 Å². The molecule has 2 aliphatic rings. The van der Waals surface area contributed by atoms with Crippen LogP contribution in [0.15, 0.2) is 35.5 Å². The van der Waals surface area contributed by atoms with Crippen molar-refractivity contribution in [2.75, 3.05) is 7.05 Å². The molecule has 1 aliphatic heterocycles. The van der Waals surface area contributed by atoms with Gasteiger partial charge < -0.3 is 15.5 Å². The van der Waals surface area contributed by atoms with Gasteiger partial charge in [-0.15, -0.1) is 0 Å². The zero-order valence-corrected chi connectivity index (χ0v) is 14.1. The summed E-state index contributed by atoms with van der Waals surface area (Å²) in [5.41, 5.74) is 2.39. The predicted molar refractivity (Wildman–Crippen MR) is 91.6 cm³/mol. The van der Waals surface area contributed by atoms with Crippen LogP contribution in [-0.4, -0.2) is 29.0 Å². The first-order valence-corrected chi connectivity index (χ1v) is 8.08. The summed E-state index contributed by atoms with van der Waals surface area (Å²) < 4.78 is 0. The van der Waals surface area contributed by atoms with Crippen molar-refractivity contribution >= 4 is 34.8 Å². The van der Waals surface area contributed by atoms with Gasteiger partial charge in [0.25, 0.3) is 5.91 Å². The molecule has 1 aromatic carbocycles. The van der Waals surface area contributed by atoms with Crippen LogP contribution in [0.2, 0.25) is 5.02 Å². The van der Waals surface area contributed by atoms with Crippen molar-refractivity contribution in [3.8, 4) is 0 Å². The summed E-state index contributed by atoms with van der Waals surface area (Å²) in [5, 5.41) is 7.50. The van der Waals surface area contributed by atoms with Crippen LogP contribution >= 0.6 is 23.8 Å². The lowest BCUT2D eigenvalue weighted by Gasteiger charge is -2.36. The van der Waals surface area contributed by atoms with E-state index in [9.17, 15) is 4.79 Å². The molecule has 1 aromatic rings. The molecular formula is C16H18ClN3OS. The average Bonchev–Trinajstić information content (AvgIpc) is 3.28. The molecule has 0 aromatic heterocycles. The molecular weight excluding hydrogens is 318 g/mol. The normalized spacial score (nSPS) is 21.7. The number of hydrogen-bond donors (Lipinski definition) is 2. The largest absolute Gasteiger partial charge is 0.351 e. The molecule has 1 heterocycles. The molecule has 0 radical (unpaired) electrons. The minimum absolute atomic E-state index is 0.0493. The highest BCUT2D eigenvalue weighted by molar-refractivity contribution is 7.80. The third kappa shape index (κ3) is 2.83. The minimum atomic E-state index is -0.323. The van der Waals surface area contributed by atoms with E-state index in [0.29, 0.717) is 21.8 Å². The van der Waals surface area contributed by atoms with Gasteiger partial charge in [0, 0.05) is 23.8 Å². The Morgan fingerprint density at radius 3 is 2.73 bits per heavy atom. The smallest absolute Gasteiger partial charge is 0.251 e. The first kappa shape index (κ1) is 15.3. The van der Waals surface area contributed by atoms with Gasteiger partial charge in [-0.25, -0.2) is 0 Å². The van der Waals surface area contributed by atoms with E-state index in [1.165, 1.54) is 0 Å². The number of benzene rings is 1. The summed E-state index contributed by atoms with van der Waals surface area (Å²) in [7, 11) is 1.86. The molecule has 1 atom stereocenters. The molecule has 0 unspecified atom stereocenters. The lowest BCUT2D eigenvalue weighted by atomic mass is 9.94. The van der Waals surface area contributed by atoms with Gasteiger partial charge >= 0.3 is 0 Å². The Kier molecular flexibility index (Phi) is 4.10. The maximum Gasteiger partial charge on any atom is 0.251 e. The van der Waals surface area contributed by atoms with E-state index in [-0.39, 0.29) is 11.9 Å². The maximum atomic E-state index is 12.7. The molecule has 0 bridgehead atoms. The van der Waals surface area contributed by atoms with Gasteiger partial charge in [0.15, 0.2) is 5.11 Å². The molecule has 22 heavy (non-hydrogen) atoms. The Morgan fingerprint density at radius 2 is 2.09 bits per heavy atom. The number of allylic oxidation sites excluding steroid dienone is 1. The molecule has 2 N–H and O–H groups in total. The molecule has 4 nitrogen and oxygen atoms in total. The maximum absolute atomic E-state index is 12.7. The van der Waals surface area contributed by atoms with Crippen LogP contribution in [-0.2, 0) is 4.79 Å². The van der Waals surface area contributed by atoms with Crippen molar-refractivity contribution < 1.29 is 4.79 Å². The van der Waals surface area contributed by atoms with Gasteiger partial charge in [-0.3, -0.25) is 4.79 Å². The second-order valence-corrected chi connectivity index (χ2v) is 6.50. The minimum Gasteiger partial charge on any atom is -0.351 e. The summed E-state index contributed by atoms with van der Waals surface area (Å²) in [4.78, 5) is 14.5. The number of nitrogens with one attached hydrogen (secondary N) is 2. The topological polar surface area (TPSA) is 44.4 Å². The number of hydrogen-bond acceptors (Lipinski definition) is 2. The van der Waals surface area contributed by atoms with Crippen LogP contribution in [0, 0.1) is 0 Å². The number of nitrogens with zero attached hydrogens (tertiary/aromatic N) is 1. The zero-order valence-electron chi connectivity index (χ0n) is 12.5. The highest BCUT2D eigenvalue weighted by atomic mass is 35.5. The SMILES string of the molecule is CC1=C(C(=O)NC2CC2)[C@@H](c2ccccc2Cl)NC(=S)N1C. The monoisotopic (exact) mass is 335 g/mol. The van der Waals surface area contributed by atoms with Gasteiger partial charge in [-0.2, -0.15) is 0 Å². The summed E-state index contributed by atoms with van der Waals surface area (Å²) in [6.07, 6.45) is 2.10. The lowest BCUT2D eigenvalue weighted by Crippen LogP contribution is -2.47. The Labute approximate surface area is 140 Å². The van der Waals surface area contributed by atoms with Crippen LogP contribution in [0.25, 0.3) is 0 Å². The van der Waals surface area contributed by atoms with Crippen LogP contribution in [0.4, 0.5) is 0 Å². The zero-order chi connectivity index (χ0) is 15.9. The molecule has 0 saturated heterocycles. The van der Waals surface area contributed by atoms with E-state index in [2.05, 4.69) is 10.6 Å². The van der Waals surface area contributed by atoms with Gasteiger partial charge in [0.1, 0.15) is 0 Å². The quantitative estimate of drug-likeness (QED) is 0.834. The first-order valence-electron chi connectivity index (χ1n) is 7.29. The van der Waals surface area contributed by atoms with Crippen LogP contribution in [0.5, 0.6) is 0 Å². The van der Waals surface area contributed by atoms with E-state index < -0.39 is 0 Å². The van der Waals surface area contributed by atoms with E-state index in [0.717, 1.165) is 24.1 Å². The lowest BCUT2D eigenvalue weighted by molar-refractivity contribution is -0.118. The van der Waals surface area contributed by atoms with Crippen LogP contribution < -0.4 is 10.6 Å². The first-order chi connectivity index (χ1) is 10.5. The Balaban J connectivity index is 2.03. The third-order valence-corrected chi connectivity index (χ3v) is 4.86. The van der Waals surface area contributed by atoms with Gasteiger partial charge in [0.05, 0.1) is 11.6 Å². The van der Waals surface area contributed by atoms with Crippen LogP contribution in [0.1, 0.15) is 31.4 Å². The third-order valence-electron chi connectivity index (χ3n) is 4.13. The fourth-order valence-corrected chi connectivity index (χ4v) is 3.06. The number of thiocarbonyl (C=S) groups is 1. The number of amides is 1. The summed E-state index contributed by atoms with van der Waals surface area (Å²) in [5.74, 6) is -0.0493. The number of halogens is 1. The van der Waals surface area contributed by atoms with Crippen molar-refractivity contribution in [1.82, 2.24) is 15.5 Å². The molecule has 0 spiro atoms. The average molecular weight is 336 g/mol. The fourth-order valence-electron chi connectivity index (χ4n) is 2.56. The Bertz CT molecular complexity index is 669. The second kappa shape index (κ2) is 5.89.